The number of nitrogens with one attached hydrogen (secondary N) is 2. The molecule has 0 aliphatic carbocycles. The average molecular weight is 279 g/mol. The third-order valence-corrected chi connectivity index (χ3v) is 2.93. The number of amides is 2. The number of rotatable bonds is 6. The van der Waals surface area contributed by atoms with Gasteiger partial charge in [-0.3, -0.25) is 9.59 Å². The zero-order valence-electron chi connectivity index (χ0n) is 11.4. The van der Waals surface area contributed by atoms with Gasteiger partial charge in [-0.1, -0.05) is 0 Å². The number of furan rings is 1. The summed E-state index contributed by atoms with van der Waals surface area (Å²) < 4.78 is 11.8. The maximum Gasteiger partial charge on any atom is 0.268 e. The van der Waals surface area contributed by atoms with Crippen molar-refractivity contribution in [3.63, 3.8) is 0 Å². The number of fused-ring (bicyclic) bond motifs is 1. The van der Waals surface area contributed by atoms with Crippen molar-refractivity contribution >= 4 is 22.9 Å². The molecule has 7 heteroatoms. The Balaban J connectivity index is 1.90. The van der Waals surface area contributed by atoms with Crippen LogP contribution in [0.3, 0.4) is 0 Å². The van der Waals surface area contributed by atoms with Crippen molar-refractivity contribution in [3.8, 4) is 0 Å². The van der Waals surface area contributed by atoms with Crippen LogP contribution in [0.15, 0.2) is 22.8 Å². The predicted octanol–water partition coefficient (Wildman–Crippen LogP) is 0.264. The number of methoxy groups -OCH3 is 1. The SMILES string of the molecule is COCCNC(=O)CNC(=O)c1cc2occc2n1C. The van der Waals surface area contributed by atoms with E-state index in [1.807, 2.05) is 0 Å². The molecule has 0 aromatic carbocycles. The highest BCUT2D eigenvalue weighted by Gasteiger charge is 2.15. The Morgan fingerprint density at radius 1 is 1.40 bits per heavy atom. The Kier molecular flexibility index (Phi) is 4.41. The molecule has 0 aliphatic heterocycles. The van der Waals surface area contributed by atoms with Crippen LogP contribution in [0.4, 0.5) is 0 Å². The number of nitrogens with zero attached hydrogens (tertiary/aromatic N) is 1. The quantitative estimate of drug-likeness (QED) is 0.743. The molecule has 108 valence electrons. The third kappa shape index (κ3) is 3.00. The van der Waals surface area contributed by atoms with Gasteiger partial charge in [-0.15, -0.1) is 0 Å². The first kappa shape index (κ1) is 14.1. The maximum absolute atomic E-state index is 12.0. The number of carbonyl (C=O) groups is 2. The van der Waals surface area contributed by atoms with Gasteiger partial charge in [-0.05, 0) is 0 Å². The van der Waals surface area contributed by atoms with Crippen molar-refractivity contribution in [1.29, 1.82) is 0 Å². The zero-order valence-corrected chi connectivity index (χ0v) is 11.4. The minimum atomic E-state index is -0.319. The lowest BCUT2D eigenvalue weighted by molar-refractivity contribution is -0.120. The van der Waals surface area contributed by atoms with Gasteiger partial charge in [0.15, 0.2) is 5.58 Å². The van der Waals surface area contributed by atoms with E-state index in [0.29, 0.717) is 24.4 Å². The fraction of sp³-hybridized carbons (Fsp3) is 0.385. The number of hydrogen-bond donors (Lipinski definition) is 2. The van der Waals surface area contributed by atoms with E-state index < -0.39 is 0 Å². The second-order valence-electron chi connectivity index (χ2n) is 4.28. The summed E-state index contributed by atoms with van der Waals surface area (Å²) in [5.41, 5.74) is 1.92. The molecule has 0 bridgehead atoms. The first-order valence-electron chi connectivity index (χ1n) is 6.20. The molecule has 2 rings (SSSR count). The van der Waals surface area contributed by atoms with Crippen molar-refractivity contribution in [2.24, 2.45) is 7.05 Å². The van der Waals surface area contributed by atoms with E-state index in [1.165, 1.54) is 0 Å². The second kappa shape index (κ2) is 6.25. The van der Waals surface area contributed by atoms with Gasteiger partial charge in [0, 0.05) is 32.8 Å². The standard InChI is InChI=1S/C13H17N3O4/c1-16-9-3-5-20-11(9)7-10(16)13(18)15-8-12(17)14-4-6-19-2/h3,5,7H,4,6,8H2,1-2H3,(H,14,17)(H,15,18). The van der Waals surface area contributed by atoms with E-state index in [4.69, 9.17) is 9.15 Å². The summed E-state index contributed by atoms with van der Waals surface area (Å²) in [7, 11) is 3.32. The van der Waals surface area contributed by atoms with Gasteiger partial charge in [0.05, 0.1) is 24.9 Å². The van der Waals surface area contributed by atoms with Crippen LogP contribution in [0, 0.1) is 0 Å². The highest BCUT2D eigenvalue weighted by atomic mass is 16.5. The Labute approximate surface area is 115 Å². The van der Waals surface area contributed by atoms with Crippen LogP contribution in [0.5, 0.6) is 0 Å². The Morgan fingerprint density at radius 2 is 2.20 bits per heavy atom. The molecule has 2 N–H and O–H groups in total. The lowest BCUT2D eigenvalue weighted by Gasteiger charge is -2.07. The molecule has 20 heavy (non-hydrogen) atoms. The van der Waals surface area contributed by atoms with Crippen LogP contribution in [0.1, 0.15) is 10.5 Å². The van der Waals surface area contributed by atoms with E-state index in [1.54, 1.807) is 37.1 Å². The van der Waals surface area contributed by atoms with Crippen molar-refractivity contribution in [2.75, 3.05) is 26.8 Å². The Hall–Kier alpha value is -2.28. The molecule has 0 aliphatic rings. The molecule has 2 amide bonds. The fourth-order valence-corrected chi connectivity index (χ4v) is 1.87. The fourth-order valence-electron chi connectivity index (χ4n) is 1.87. The van der Waals surface area contributed by atoms with E-state index in [0.717, 1.165) is 5.52 Å². The van der Waals surface area contributed by atoms with Crippen molar-refractivity contribution in [3.05, 3.63) is 24.1 Å². The van der Waals surface area contributed by atoms with Gasteiger partial charge in [-0.25, -0.2) is 0 Å². The van der Waals surface area contributed by atoms with E-state index in [2.05, 4.69) is 10.6 Å². The molecule has 7 nitrogen and oxygen atoms in total. The smallest absolute Gasteiger partial charge is 0.268 e. The molecule has 0 saturated carbocycles. The minimum absolute atomic E-state index is 0.0743. The summed E-state index contributed by atoms with van der Waals surface area (Å²) in [4.78, 5) is 23.4. The number of carbonyl (C=O) groups excluding carboxylic acids is 2. The van der Waals surface area contributed by atoms with Crippen molar-refractivity contribution < 1.29 is 18.7 Å². The molecule has 0 saturated heterocycles. The summed E-state index contributed by atoms with van der Waals surface area (Å²) in [5.74, 6) is -0.575. The normalized spacial score (nSPS) is 10.7. The maximum atomic E-state index is 12.0. The summed E-state index contributed by atoms with van der Waals surface area (Å²) in [6.07, 6.45) is 1.57. The lowest BCUT2D eigenvalue weighted by Crippen LogP contribution is -2.38. The van der Waals surface area contributed by atoms with E-state index >= 15 is 0 Å². The Bertz CT molecular complexity index is 614. The van der Waals surface area contributed by atoms with Gasteiger partial charge < -0.3 is 24.4 Å². The number of hydrogen-bond acceptors (Lipinski definition) is 4. The first-order valence-corrected chi connectivity index (χ1v) is 6.20. The molecule has 0 fully saturated rings. The summed E-state index contributed by atoms with van der Waals surface area (Å²) in [5, 5.41) is 5.19. The van der Waals surface area contributed by atoms with E-state index in [9.17, 15) is 9.59 Å². The zero-order chi connectivity index (χ0) is 14.5. The van der Waals surface area contributed by atoms with Crippen LogP contribution >= 0.6 is 0 Å². The highest BCUT2D eigenvalue weighted by Crippen LogP contribution is 2.19. The van der Waals surface area contributed by atoms with Gasteiger partial charge in [-0.2, -0.15) is 0 Å². The predicted molar refractivity (Wildman–Crippen MR) is 72.4 cm³/mol. The second-order valence-corrected chi connectivity index (χ2v) is 4.28. The molecule has 2 aromatic heterocycles. The summed E-state index contributed by atoms with van der Waals surface area (Å²) in [6.45, 7) is 0.783. The van der Waals surface area contributed by atoms with Crippen LogP contribution in [0.2, 0.25) is 0 Å². The van der Waals surface area contributed by atoms with Gasteiger partial charge in [0.25, 0.3) is 5.91 Å². The summed E-state index contributed by atoms with van der Waals surface area (Å²) >= 11 is 0. The molecule has 0 radical (unpaired) electrons. The Morgan fingerprint density at radius 3 is 2.90 bits per heavy atom. The monoisotopic (exact) mass is 279 g/mol. The van der Waals surface area contributed by atoms with Gasteiger partial charge in [0.2, 0.25) is 5.91 Å². The van der Waals surface area contributed by atoms with Crippen LogP contribution < -0.4 is 10.6 Å². The minimum Gasteiger partial charge on any atom is -0.463 e. The largest absolute Gasteiger partial charge is 0.463 e. The van der Waals surface area contributed by atoms with Crippen LogP contribution in [-0.4, -0.2) is 43.2 Å². The van der Waals surface area contributed by atoms with Crippen LogP contribution in [-0.2, 0) is 16.6 Å². The number of aryl methyl sites for hydroxylation is 1. The summed E-state index contributed by atoms with van der Waals surface area (Å²) in [6, 6.07) is 3.43. The van der Waals surface area contributed by atoms with E-state index in [-0.39, 0.29) is 18.4 Å². The lowest BCUT2D eigenvalue weighted by atomic mass is 10.4. The van der Waals surface area contributed by atoms with Crippen LogP contribution in [0.25, 0.3) is 11.1 Å². The first-order chi connectivity index (χ1) is 9.63. The van der Waals surface area contributed by atoms with Gasteiger partial charge >= 0.3 is 0 Å². The molecule has 2 aromatic rings. The molecular weight excluding hydrogens is 262 g/mol. The van der Waals surface area contributed by atoms with Gasteiger partial charge in [0.1, 0.15) is 5.69 Å². The topological polar surface area (TPSA) is 85.5 Å². The molecular formula is C13H17N3O4. The number of aromatic nitrogens is 1. The van der Waals surface area contributed by atoms with Crippen molar-refractivity contribution in [1.82, 2.24) is 15.2 Å². The molecule has 0 spiro atoms. The average Bonchev–Trinajstić information content (AvgIpc) is 3.00. The molecule has 2 heterocycles. The molecule has 0 atom stereocenters. The molecule has 0 unspecified atom stereocenters. The highest BCUT2D eigenvalue weighted by molar-refractivity contribution is 5.99. The number of ether oxygens (including phenoxy) is 1. The van der Waals surface area contributed by atoms with Crippen molar-refractivity contribution in [2.45, 2.75) is 0 Å². The third-order valence-electron chi connectivity index (χ3n) is 2.93.